The van der Waals surface area contributed by atoms with Crippen LogP contribution in [0.4, 0.5) is 13.2 Å². The Labute approximate surface area is 164 Å². The van der Waals surface area contributed by atoms with Crippen molar-refractivity contribution in [2.45, 2.75) is 70.1 Å². The Morgan fingerprint density at radius 3 is 2.44 bits per heavy atom. The van der Waals surface area contributed by atoms with Gasteiger partial charge in [0.15, 0.2) is 5.96 Å². The van der Waals surface area contributed by atoms with Gasteiger partial charge in [-0.3, -0.25) is 9.79 Å². The molecule has 0 saturated heterocycles. The summed E-state index contributed by atoms with van der Waals surface area (Å²) >= 11 is 0. The topological polar surface area (TPSA) is 65.5 Å². The average Bonchev–Trinajstić information content (AvgIpc) is 3.30. The highest BCUT2D eigenvalue weighted by Gasteiger charge is 2.31. The van der Waals surface area contributed by atoms with Gasteiger partial charge in [-0.2, -0.15) is 13.2 Å². The molecule has 1 amide bonds. The fourth-order valence-electron chi connectivity index (χ4n) is 2.91. The highest BCUT2D eigenvalue weighted by molar-refractivity contribution is 14.0. The molecule has 146 valence electrons. The summed E-state index contributed by atoms with van der Waals surface area (Å²) in [6.45, 7) is 2.15. The van der Waals surface area contributed by atoms with Crippen LogP contribution >= 0.6 is 24.0 Å². The summed E-state index contributed by atoms with van der Waals surface area (Å²) in [5.41, 5.74) is 0. The van der Waals surface area contributed by atoms with Crippen LogP contribution in [0.1, 0.15) is 51.9 Å². The lowest BCUT2D eigenvalue weighted by Gasteiger charge is -2.30. The van der Waals surface area contributed by atoms with E-state index < -0.39 is 12.6 Å². The third-order valence-electron chi connectivity index (χ3n) is 4.32. The number of halogens is 4. The number of guanidine groups is 1. The summed E-state index contributed by atoms with van der Waals surface area (Å²) in [5, 5.41) is 9.20. The number of nitrogens with one attached hydrogen (secondary N) is 3. The van der Waals surface area contributed by atoms with Crippen molar-refractivity contribution in [1.29, 1.82) is 0 Å². The Hall–Kier alpha value is -0.740. The van der Waals surface area contributed by atoms with Gasteiger partial charge in [0.1, 0.15) is 0 Å². The lowest BCUT2D eigenvalue weighted by molar-refractivity contribution is -0.132. The van der Waals surface area contributed by atoms with Gasteiger partial charge >= 0.3 is 6.18 Å². The normalized spacial score (nSPS) is 24.2. The predicted molar refractivity (Wildman–Crippen MR) is 102 cm³/mol. The fourth-order valence-corrected chi connectivity index (χ4v) is 2.91. The monoisotopic (exact) mass is 476 g/mol. The molecule has 0 aromatic heterocycles. The van der Waals surface area contributed by atoms with E-state index in [0.717, 1.165) is 32.1 Å². The number of amides is 1. The zero-order chi connectivity index (χ0) is 17.6. The Morgan fingerprint density at radius 2 is 1.84 bits per heavy atom. The smallest absolute Gasteiger partial charge is 0.357 e. The van der Waals surface area contributed by atoms with E-state index in [0.29, 0.717) is 25.0 Å². The van der Waals surface area contributed by atoms with Crippen molar-refractivity contribution in [1.82, 2.24) is 16.0 Å². The van der Waals surface area contributed by atoms with Crippen molar-refractivity contribution in [3.8, 4) is 0 Å². The van der Waals surface area contributed by atoms with Crippen LogP contribution in [0.5, 0.6) is 0 Å². The number of rotatable bonds is 6. The molecule has 0 heterocycles. The molecule has 2 atom stereocenters. The van der Waals surface area contributed by atoms with Crippen molar-refractivity contribution in [3.63, 3.8) is 0 Å². The second kappa shape index (κ2) is 10.4. The standard InChI is InChI=1S/C16H27F3N4O.HI/c1-2-20-15(21-9-8-16(17,18)19)23-13-5-3-4-11(10-13)14(24)22-12-6-7-12;/h11-13H,2-10H2,1H3,(H,22,24)(H2,20,21,23);1H. The third kappa shape index (κ3) is 8.96. The molecule has 0 aromatic rings. The summed E-state index contributed by atoms with van der Waals surface area (Å²) in [6.07, 6.45) is 0.408. The number of hydrogen-bond acceptors (Lipinski definition) is 2. The molecular weight excluding hydrogens is 448 g/mol. The van der Waals surface area contributed by atoms with Gasteiger partial charge in [-0.05, 0) is 39.0 Å². The lowest BCUT2D eigenvalue weighted by atomic mass is 9.85. The van der Waals surface area contributed by atoms with Crippen LogP contribution in [-0.4, -0.2) is 43.2 Å². The average molecular weight is 476 g/mol. The summed E-state index contributed by atoms with van der Waals surface area (Å²) in [7, 11) is 0. The second-order valence-electron chi connectivity index (χ2n) is 6.61. The van der Waals surface area contributed by atoms with Crippen molar-refractivity contribution < 1.29 is 18.0 Å². The SMILES string of the molecule is CCNC(=NCCC(F)(F)F)NC1CCCC(C(=O)NC2CC2)C1.I. The van der Waals surface area contributed by atoms with Crippen LogP contribution in [0.2, 0.25) is 0 Å². The number of carbonyl (C=O) groups is 1. The molecule has 3 N–H and O–H groups in total. The zero-order valence-electron chi connectivity index (χ0n) is 14.5. The van der Waals surface area contributed by atoms with Gasteiger partial charge in [0, 0.05) is 24.5 Å². The van der Waals surface area contributed by atoms with E-state index in [2.05, 4.69) is 20.9 Å². The number of nitrogens with zero attached hydrogens (tertiary/aromatic N) is 1. The zero-order valence-corrected chi connectivity index (χ0v) is 16.8. The van der Waals surface area contributed by atoms with E-state index in [9.17, 15) is 18.0 Å². The maximum Gasteiger partial charge on any atom is 0.390 e. The summed E-state index contributed by atoms with van der Waals surface area (Å²) in [4.78, 5) is 16.2. The van der Waals surface area contributed by atoms with Crippen LogP contribution in [0, 0.1) is 5.92 Å². The molecule has 2 saturated carbocycles. The Morgan fingerprint density at radius 1 is 1.12 bits per heavy atom. The maximum atomic E-state index is 12.2. The molecule has 25 heavy (non-hydrogen) atoms. The minimum atomic E-state index is -4.20. The molecule has 0 radical (unpaired) electrons. The number of aliphatic imine (C=N–C) groups is 1. The van der Waals surface area contributed by atoms with E-state index >= 15 is 0 Å². The number of hydrogen-bond donors (Lipinski definition) is 3. The summed E-state index contributed by atoms with van der Waals surface area (Å²) in [6, 6.07) is 0.421. The molecule has 2 aliphatic rings. The molecule has 2 rings (SSSR count). The molecule has 2 unspecified atom stereocenters. The molecular formula is C16H28F3IN4O. The van der Waals surface area contributed by atoms with Gasteiger partial charge in [-0.25, -0.2) is 0 Å². The van der Waals surface area contributed by atoms with E-state index in [1.165, 1.54) is 0 Å². The van der Waals surface area contributed by atoms with Crippen molar-refractivity contribution in [3.05, 3.63) is 0 Å². The highest BCUT2D eigenvalue weighted by Crippen LogP contribution is 2.26. The number of alkyl halides is 3. The summed E-state index contributed by atoms with van der Waals surface area (Å²) in [5.74, 6) is 0.493. The van der Waals surface area contributed by atoms with Crippen LogP contribution in [-0.2, 0) is 4.79 Å². The molecule has 0 aromatic carbocycles. The first-order chi connectivity index (χ1) is 11.4. The minimum absolute atomic E-state index is 0. The van der Waals surface area contributed by atoms with E-state index in [1.54, 1.807) is 0 Å². The maximum absolute atomic E-state index is 12.2. The van der Waals surface area contributed by atoms with Gasteiger partial charge in [0.2, 0.25) is 5.91 Å². The molecule has 2 aliphatic carbocycles. The Bertz CT molecular complexity index is 455. The minimum Gasteiger partial charge on any atom is -0.357 e. The van der Waals surface area contributed by atoms with Crippen molar-refractivity contribution in [2.24, 2.45) is 10.9 Å². The van der Waals surface area contributed by atoms with E-state index in [4.69, 9.17) is 0 Å². The molecule has 0 spiro atoms. The summed E-state index contributed by atoms with van der Waals surface area (Å²) < 4.78 is 36.7. The van der Waals surface area contributed by atoms with Crippen LogP contribution < -0.4 is 16.0 Å². The second-order valence-corrected chi connectivity index (χ2v) is 6.61. The lowest BCUT2D eigenvalue weighted by Crippen LogP contribution is -2.47. The Kier molecular flexibility index (Phi) is 9.29. The molecule has 0 bridgehead atoms. The highest BCUT2D eigenvalue weighted by atomic mass is 127. The van der Waals surface area contributed by atoms with Gasteiger partial charge in [0.05, 0.1) is 13.0 Å². The molecule has 2 fully saturated rings. The van der Waals surface area contributed by atoms with Gasteiger partial charge < -0.3 is 16.0 Å². The van der Waals surface area contributed by atoms with Crippen LogP contribution in [0.3, 0.4) is 0 Å². The predicted octanol–water partition coefficient (Wildman–Crippen LogP) is 2.95. The first-order valence-electron chi connectivity index (χ1n) is 8.79. The molecule has 5 nitrogen and oxygen atoms in total. The fraction of sp³-hybridized carbons (Fsp3) is 0.875. The van der Waals surface area contributed by atoms with Crippen molar-refractivity contribution in [2.75, 3.05) is 13.1 Å². The number of carbonyl (C=O) groups excluding carboxylic acids is 1. The first-order valence-corrected chi connectivity index (χ1v) is 8.79. The van der Waals surface area contributed by atoms with Crippen molar-refractivity contribution >= 4 is 35.8 Å². The van der Waals surface area contributed by atoms with Gasteiger partial charge in [0.25, 0.3) is 0 Å². The molecule has 9 heteroatoms. The van der Waals surface area contributed by atoms with Gasteiger partial charge in [-0.15, -0.1) is 24.0 Å². The van der Waals surface area contributed by atoms with E-state index in [1.807, 2.05) is 6.92 Å². The largest absolute Gasteiger partial charge is 0.390 e. The third-order valence-corrected chi connectivity index (χ3v) is 4.32. The van der Waals surface area contributed by atoms with Crippen LogP contribution in [0.15, 0.2) is 4.99 Å². The van der Waals surface area contributed by atoms with E-state index in [-0.39, 0.29) is 48.4 Å². The van der Waals surface area contributed by atoms with Gasteiger partial charge in [-0.1, -0.05) is 6.42 Å². The first kappa shape index (κ1) is 22.3. The Balaban J connectivity index is 0.00000312. The quantitative estimate of drug-likeness (QED) is 0.314. The molecule has 0 aliphatic heterocycles. The van der Waals surface area contributed by atoms with Crippen LogP contribution in [0.25, 0.3) is 0 Å².